The molecule has 2 rings (SSSR count). The lowest BCUT2D eigenvalue weighted by atomic mass is 9.71. The van der Waals surface area contributed by atoms with Crippen LogP contribution in [0.15, 0.2) is 11.6 Å². The summed E-state index contributed by atoms with van der Waals surface area (Å²) < 4.78 is 0. The number of rotatable bonds is 0. The van der Waals surface area contributed by atoms with Crippen LogP contribution in [0.1, 0.15) is 39.0 Å². The van der Waals surface area contributed by atoms with Crippen molar-refractivity contribution >= 4 is 5.78 Å². The number of carbonyl (C=O) groups excluding carboxylic acids is 1. The van der Waals surface area contributed by atoms with Crippen molar-refractivity contribution in [2.45, 2.75) is 39.0 Å². The molecule has 0 aromatic heterocycles. The molecule has 0 unspecified atom stereocenters. The van der Waals surface area contributed by atoms with Gasteiger partial charge in [-0.25, -0.2) is 0 Å². The second-order valence-electron chi connectivity index (χ2n) is 4.22. The van der Waals surface area contributed by atoms with E-state index in [0.717, 1.165) is 19.3 Å². The number of hydrogen-bond donors (Lipinski definition) is 0. The predicted molar refractivity (Wildman–Crippen MR) is 48.8 cm³/mol. The smallest absolute Gasteiger partial charge is 0.136 e. The standard InChI is InChI=1S/C11H16O/c1-8-5-6-10-9(7-8)3-2-4-11(10)12/h5,9-10H,2-4,6-7H2,1H3/t9-,10-/m1/s1. The molecule has 0 bridgehead atoms. The molecule has 66 valence electrons. The lowest BCUT2D eigenvalue weighted by Crippen LogP contribution is -2.30. The van der Waals surface area contributed by atoms with E-state index in [0.29, 0.717) is 17.6 Å². The monoisotopic (exact) mass is 164 g/mol. The van der Waals surface area contributed by atoms with Crippen LogP contribution in [0.5, 0.6) is 0 Å². The van der Waals surface area contributed by atoms with Gasteiger partial charge in [0.15, 0.2) is 0 Å². The number of fused-ring (bicyclic) bond motifs is 1. The molecule has 1 fully saturated rings. The second kappa shape index (κ2) is 3.04. The SMILES string of the molecule is CC1=CC[C@H]2C(=O)CCC[C@@H]2C1. The minimum atomic E-state index is 0.391. The average molecular weight is 164 g/mol. The fourth-order valence-electron chi connectivity index (χ4n) is 2.58. The maximum Gasteiger partial charge on any atom is 0.136 e. The van der Waals surface area contributed by atoms with Gasteiger partial charge in [-0.2, -0.15) is 0 Å². The van der Waals surface area contributed by atoms with E-state index in [1.54, 1.807) is 0 Å². The van der Waals surface area contributed by atoms with Gasteiger partial charge in [-0.3, -0.25) is 4.79 Å². The average Bonchev–Trinajstić information content (AvgIpc) is 2.04. The van der Waals surface area contributed by atoms with Gasteiger partial charge in [0.25, 0.3) is 0 Å². The minimum absolute atomic E-state index is 0.391. The van der Waals surface area contributed by atoms with Crippen molar-refractivity contribution in [2.24, 2.45) is 11.8 Å². The molecular formula is C11H16O. The first-order chi connectivity index (χ1) is 5.77. The molecule has 2 aliphatic carbocycles. The van der Waals surface area contributed by atoms with E-state index in [1.807, 2.05) is 0 Å². The summed E-state index contributed by atoms with van der Waals surface area (Å²) in [6.45, 7) is 2.19. The maximum absolute atomic E-state index is 11.5. The Morgan fingerprint density at radius 3 is 3.17 bits per heavy atom. The van der Waals surface area contributed by atoms with E-state index in [1.165, 1.54) is 18.4 Å². The van der Waals surface area contributed by atoms with Crippen molar-refractivity contribution in [3.05, 3.63) is 11.6 Å². The Bertz CT molecular complexity index is 227. The summed E-state index contributed by atoms with van der Waals surface area (Å²) in [6, 6.07) is 0. The molecule has 1 nitrogen and oxygen atoms in total. The van der Waals surface area contributed by atoms with Gasteiger partial charge in [0.2, 0.25) is 0 Å². The Kier molecular flexibility index (Phi) is 2.03. The highest BCUT2D eigenvalue weighted by Gasteiger charge is 2.32. The van der Waals surface area contributed by atoms with Crippen LogP contribution in [0.3, 0.4) is 0 Å². The fraction of sp³-hybridized carbons (Fsp3) is 0.727. The van der Waals surface area contributed by atoms with Crippen LogP contribution in [0.25, 0.3) is 0 Å². The highest BCUT2D eigenvalue weighted by atomic mass is 16.1. The molecule has 12 heavy (non-hydrogen) atoms. The summed E-state index contributed by atoms with van der Waals surface area (Å²) in [7, 11) is 0. The lowest BCUT2D eigenvalue weighted by Gasteiger charge is -2.33. The normalized spacial score (nSPS) is 35.8. The molecule has 0 heterocycles. The van der Waals surface area contributed by atoms with E-state index < -0.39 is 0 Å². The van der Waals surface area contributed by atoms with Crippen molar-refractivity contribution in [1.29, 1.82) is 0 Å². The van der Waals surface area contributed by atoms with Crippen molar-refractivity contribution in [1.82, 2.24) is 0 Å². The van der Waals surface area contributed by atoms with E-state index >= 15 is 0 Å². The number of hydrogen-bond acceptors (Lipinski definition) is 1. The molecule has 0 aliphatic heterocycles. The third kappa shape index (κ3) is 1.33. The maximum atomic E-state index is 11.5. The highest BCUT2D eigenvalue weighted by Crippen LogP contribution is 2.37. The van der Waals surface area contributed by atoms with Crippen LogP contribution in [0.2, 0.25) is 0 Å². The molecule has 0 N–H and O–H groups in total. The summed E-state index contributed by atoms with van der Waals surface area (Å²) in [5, 5.41) is 0. The minimum Gasteiger partial charge on any atom is -0.299 e. The van der Waals surface area contributed by atoms with Crippen LogP contribution in [0, 0.1) is 11.8 Å². The quantitative estimate of drug-likeness (QED) is 0.503. The summed E-state index contributed by atoms with van der Waals surface area (Å²) in [4.78, 5) is 11.5. The van der Waals surface area contributed by atoms with Crippen molar-refractivity contribution < 1.29 is 4.79 Å². The molecule has 0 radical (unpaired) electrons. The van der Waals surface area contributed by atoms with E-state index in [-0.39, 0.29) is 0 Å². The molecule has 2 aliphatic rings. The first-order valence-electron chi connectivity index (χ1n) is 4.95. The molecule has 0 spiro atoms. The molecule has 0 aromatic carbocycles. The predicted octanol–water partition coefficient (Wildman–Crippen LogP) is 2.71. The first kappa shape index (κ1) is 8.03. The van der Waals surface area contributed by atoms with E-state index in [9.17, 15) is 4.79 Å². The van der Waals surface area contributed by atoms with E-state index in [4.69, 9.17) is 0 Å². The molecular weight excluding hydrogens is 148 g/mol. The zero-order valence-electron chi connectivity index (χ0n) is 7.68. The van der Waals surface area contributed by atoms with Crippen LogP contribution < -0.4 is 0 Å². The van der Waals surface area contributed by atoms with Crippen molar-refractivity contribution in [3.63, 3.8) is 0 Å². The number of allylic oxidation sites excluding steroid dienone is 2. The van der Waals surface area contributed by atoms with Crippen molar-refractivity contribution in [2.75, 3.05) is 0 Å². The molecule has 0 saturated heterocycles. The van der Waals surface area contributed by atoms with Gasteiger partial charge < -0.3 is 0 Å². The number of Topliss-reactive ketones (excluding diaryl/α,β-unsaturated/α-hetero) is 1. The Balaban J connectivity index is 2.14. The Labute approximate surface area is 73.8 Å². The summed E-state index contributed by atoms with van der Waals surface area (Å²) in [6.07, 6.45) is 7.71. The number of ketones is 1. The van der Waals surface area contributed by atoms with Gasteiger partial charge in [-0.05, 0) is 38.5 Å². The molecule has 0 amide bonds. The van der Waals surface area contributed by atoms with Crippen LogP contribution in [-0.2, 0) is 4.79 Å². The third-order valence-corrected chi connectivity index (χ3v) is 3.29. The lowest BCUT2D eigenvalue weighted by molar-refractivity contribution is -0.126. The summed E-state index contributed by atoms with van der Waals surface area (Å²) >= 11 is 0. The largest absolute Gasteiger partial charge is 0.299 e. The summed E-state index contributed by atoms with van der Waals surface area (Å²) in [5.74, 6) is 1.61. The molecule has 2 atom stereocenters. The second-order valence-corrected chi connectivity index (χ2v) is 4.22. The number of carbonyl (C=O) groups is 1. The highest BCUT2D eigenvalue weighted by molar-refractivity contribution is 5.82. The van der Waals surface area contributed by atoms with Crippen molar-refractivity contribution in [3.8, 4) is 0 Å². The van der Waals surface area contributed by atoms with Crippen LogP contribution >= 0.6 is 0 Å². The molecule has 0 aromatic rings. The Morgan fingerprint density at radius 1 is 1.50 bits per heavy atom. The zero-order chi connectivity index (χ0) is 8.55. The van der Waals surface area contributed by atoms with Gasteiger partial charge in [-0.15, -0.1) is 0 Å². The third-order valence-electron chi connectivity index (χ3n) is 3.29. The van der Waals surface area contributed by atoms with Gasteiger partial charge in [-0.1, -0.05) is 11.6 Å². The summed E-state index contributed by atoms with van der Waals surface area (Å²) in [5.41, 5.74) is 1.49. The van der Waals surface area contributed by atoms with Gasteiger partial charge in [0, 0.05) is 12.3 Å². The van der Waals surface area contributed by atoms with E-state index in [2.05, 4.69) is 13.0 Å². The molecule has 1 saturated carbocycles. The van der Waals surface area contributed by atoms with Gasteiger partial charge in [0.1, 0.15) is 5.78 Å². The van der Waals surface area contributed by atoms with Gasteiger partial charge in [0.05, 0.1) is 0 Å². The van der Waals surface area contributed by atoms with Crippen LogP contribution in [-0.4, -0.2) is 5.78 Å². The topological polar surface area (TPSA) is 17.1 Å². The van der Waals surface area contributed by atoms with Crippen LogP contribution in [0.4, 0.5) is 0 Å². The zero-order valence-corrected chi connectivity index (χ0v) is 7.68. The first-order valence-corrected chi connectivity index (χ1v) is 4.95. The fourth-order valence-corrected chi connectivity index (χ4v) is 2.58. The van der Waals surface area contributed by atoms with Gasteiger partial charge >= 0.3 is 0 Å². The molecule has 1 heteroatoms. The Morgan fingerprint density at radius 2 is 2.33 bits per heavy atom. The Hall–Kier alpha value is -0.590.